The molecule has 1 saturated carbocycles. The molecule has 1 aliphatic carbocycles. The van der Waals surface area contributed by atoms with Crippen molar-refractivity contribution in [2.24, 2.45) is 11.8 Å². The Hall–Kier alpha value is -2.54. The van der Waals surface area contributed by atoms with E-state index in [2.05, 4.69) is 15.5 Å². The van der Waals surface area contributed by atoms with Crippen molar-refractivity contribution < 1.29 is 9.53 Å². The van der Waals surface area contributed by atoms with E-state index >= 15 is 0 Å². The predicted octanol–water partition coefficient (Wildman–Crippen LogP) is 3.79. The van der Waals surface area contributed by atoms with Gasteiger partial charge in [-0.1, -0.05) is 11.6 Å². The highest BCUT2D eigenvalue weighted by Gasteiger charge is 2.29. The SMILES string of the molecule is COc1ccc(NC(=O)C2CCC(CNc3c(N4CCCCC4)c(=O)c3=O)CC2)cc1Cl. The van der Waals surface area contributed by atoms with Gasteiger partial charge in [-0.3, -0.25) is 14.4 Å². The smallest absolute Gasteiger partial charge is 0.253 e. The number of hydrogen-bond donors (Lipinski definition) is 2. The highest BCUT2D eigenvalue weighted by molar-refractivity contribution is 6.32. The van der Waals surface area contributed by atoms with Crippen molar-refractivity contribution in [3.8, 4) is 5.75 Å². The lowest BCUT2D eigenvalue weighted by Gasteiger charge is -2.32. The summed E-state index contributed by atoms with van der Waals surface area (Å²) in [5.74, 6) is 0.922. The molecule has 1 heterocycles. The van der Waals surface area contributed by atoms with Gasteiger partial charge in [-0.2, -0.15) is 0 Å². The molecule has 1 aliphatic heterocycles. The second kappa shape index (κ2) is 9.94. The van der Waals surface area contributed by atoms with E-state index in [0.29, 0.717) is 40.3 Å². The molecular formula is C24H30ClN3O4. The molecule has 0 atom stereocenters. The minimum atomic E-state index is -0.392. The fourth-order valence-corrected chi connectivity index (χ4v) is 5.08. The zero-order valence-electron chi connectivity index (χ0n) is 18.4. The van der Waals surface area contributed by atoms with E-state index in [0.717, 1.165) is 51.6 Å². The van der Waals surface area contributed by atoms with Crippen molar-refractivity contribution in [2.45, 2.75) is 44.9 Å². The van der Waals surface area contributed by atoms with E-state index < -0.39 is 5.43 Å². The molecule has 0 aromatic heterocycles. The number of rotatable bonds is 7. The monoisotopic (exact) mass is 459 g/mol. The second-order valence-electron chi connectivity index (χ2n) is 8.87. The van der Waals surface area contributed by atoms with E-state index in [-0.39, 0.29) is 17.3 Å². The summed E-state index contributed by atoms with van der Waals surface area (Å²) < 4.78 is 5.14. The van der Waals surface area contributed by atoms with Crippen LogP contribution in [0.25, 0.3) is 0 Å². The summed E-state index contributed by atoms with van der Waals surface area (Å²) in [5.41, 5.74) is 0.995. The number of piperidine rings is 1. The Morgan fingerprint density at radius 3 is 2.47 bits per heavy atom. The molecule has 0 spiro atoms. The Bertz CT molecular complexity index is 1030. The number of carbonyl (C=O) groups is 1. The van der Waals surface area contributed by atoms with E-state index in [1.165, 1.54) is 6.42 Å². The molecular weight excluding hydrogens is 430 g/mol. The van der Waals surface area contributed by atoms with Crippen LogP contribution in [0.15, 0.2) is 27.8 Å². The molecule has 2 aromatic rings. The topological polar surface area (TPSA) is 87.7 Å². The second-order valence-corrected chi connectivity index (χ2v) is 9.27. The first-order valence-corrected chi connectivity index (χ1v) is 11.8. The summed E-state index contributed by atoms with van der Waals surface area (Å²) >= 11 is 6.14. The van der Waals surface area contributed by atoms with E-state index in [1.54, 1.807) is 25.3 Å². The largest absolute Gasteiger partial charge is 0.495 e. The van der Waals surface area contributed by atoms with Gasteiger partial charge in [-0.25, -0.2) is 0 Å². The van der Waals surface area contributed by atoms with Crippen LogP contribution in [0.5, 0.6) is 5.75 Å². The van der Waals surface area contributed by atoms with Crippen molar-refractivity contribution in [2.75, 3.05) is 42.3 Å². The third-order valence-corrected chi connectivity index (χ3v) is 7.06. The van der Waals surface area contributed by atoms with Gasteiger partial charge < -0.3 is 20.3 Å². The predicted molar refractivity (Wildman–Crippen MR) is 128 cm³/mol. The Morgan fingerprint density at radius 1 is 1.09 bits per heavy atom. The van der Waals surface area contributed by atoms with Gasteiger partial charge in [0.15, 0.2) is 0 Å². The van der Waals surface area contributed by atoms with Gasteiger partial charge in [0.2, 0.25) is 5.91 Å². The molecule has 8 heteroatoms. The van der Waals surface area contributed by atoms with Gasteiger partial charge in [0.1, 0.15) is 17.1 Å². The van der Waals surface area contributed by atoms with E-state index in [9.17, 15) is 14.4 Å². The number of halogens is 1. The van der Waals surface area contributed by atoms with Gasteiger partial charge in [0, 0.05) is 31.2 Å². The lowest BCUT2D eigenvalue weighted by Crippen LogP contribution is -2.45. The Morgan fingerprint density at radius 2 is 1.81 bits per heavy atom. The van der Waals surface area contributed by atoms with Gasteiger partial charge in [0.25, 0.3) is 10.9 Å². The number of hydrogen-bond acceptors (Lipinski definition) is 6. The van der Waals surface area contributed by atoms with E-state index in [4.69, 9.17) is 16.3 Å². The van der Waals surface area contributed by atoms with Gasteiger partial charge in [0.05, 0.1) is 12.1 Å². The van der Waals surface area contributed by atoms with Crippen molar-refractivity contribution >= 4 is 34.6 Å². The molecule has 0 bridgehead atoms. The maximum absolute atomic E-state index is 12.7. The lowest BCUT2D eigenvalue weighted by atomic mass is 9.81. The molecule has 2 N–H and O–H groups in total. The number of carbonyl (C=O) groups excluding carboxylic acids is 1. The summed E-state index contributed by atoms with van der Waals surface area (Å²) in [6.45, 7) is 2.35. The highest BCUT2D eigenvalue weighted by atomic mass is 35.5. The first kappa shape index (κ1) is 22.6. The van der Waals surface area contributed by atoms with Gasteiger partial charge >= 0.3 is 0 Å². The van der Waals surface area contributed by atoms with Crippen LogP contribution in [-0.2, 0) is 4.79 Å². The standard InChI is InChI=1S/C24H30ClN3O4/c1-32-19-10-9-17(13-18(19)25)27-24(31)16-7-5-15(6-8-16)14-26-20-21(23(30)22(20)29)28-11-3-2-4-12-28/h9-10,13,15-16,26H,2-8,11-12,14H2,1H3,(H,27,31). The Balaban J connectivity index is 1.26. The molecule has 0 radical (unpaired) electrons. The maximum Gasteiger partial charge on any atom is 0.253 e. The van der Waals surface area contributed by atoms with Gasteiger partial charge in [-0.05, 0) is 69.1 Å². The Labute approximate surface area is 192 Å². The molecule has 4 rings (SSSR count). The molecule has 1 amide bonds. The van der Waals surface area contributed by atoms with Crippen molar-refractivity contribution in [3.05, 3.63) is 43.7 Å². The van der Waals surface area contributed by atoms with Crippen LogP contribution in [0.2, 0.25) is 5.02 Å². The van der Waals surface area contributed by atoms with Crippen molar-refractivity contribution in [1.29, 1.82) is 0 Å². The highest BCUT2D eigenvalue weighted by Crippen LogP contribution is 2.32. The fraction of sp³-hybridized carbons (Fsp3) is 0.542. The number of benzene rings is 1. The molecule has 0 unspecified atom stereocenters. The minimum absolute atomic E-state index is 0.00695. The van der Waals surface area contributed by atoms with Crippen LogP contribution in [0.4, 0.5) is 17.1 Å². The van der Waals surface area contributed by atoms with Crippen LogP contribution in [0.3, 0.4) is 0 Å². The quantitative estimate of drug-likeness (QED) is 0.612. The van der Waals surface area contributed by atoms with Gasteiger partial charge in [-0.15, -0.1) is 0 Å². The maximum atomic E-state index is 12.7. The number of amides is 1. The molecule has 2 fully saturated rings. The first-order chi connectivity index (χ1) is 15.5. The lowest BCUT2D eigenvalue weighted by molar-refractivity contribution is -0.121. The zero-order valence-corrected chi connectivity index (χ0v) is 19.2. The van der Waals surface area contributed by atoms with E-state index in [1.807, 2.05) is 0 Å². The molecule has 32 heavy (non-hydrogen) atoms. The number of ether oxygens (including phenoxy) is 1. The summed E-state index contributed by atoms with van der Waals surface area (Å²) in [5, 5.41) is 6.67. The molecule has 172 valence electrons. The molecule has 2 aromatic carbocycles. The van der Waals surface area contributed by atoms with Crippen LogP contribution >= 0.6 is 11.6 Å². The van der Waals surface area contributed by atoms with Crippen LogP contribution < -0.4 is 31.1 Å². The number of methoxy groups -OCH3 is 1. The Kier molecular flexibility index (Phi) is 7.04. The third kappa shape index (κ3) is 4.77. The molecule has 7 nitrogen and oxygen atoms in total. The molecule has 2 aliphatic rings. The summed E-state index contributed by atoms with van der Waals surface area (Å²) in [4.78, 5) is 38.9. The summed E-state index contributed by atoms with van der Waals surface area (Å²) in [7, 11) is 1.55. The minimum Gasteiger partial charge on any atom is -0.495 e. The van der Waals surface area contributed by atoms with Crippen molar-refractivity contribution in [1.82, 2.24) is 0 Å². The number of anilines is 3. The zero-order chi connectivity index (χ0) is 22.7. The average Bonchev–Trinajstić information content (AvgIpc) is 2.82. The summed E-state index contributed by atoms with van der Waals surface area (Å²) in [6, 6.07) is 5.21. The first-order valence-electron chi connectivity index (χ1n) is 11.4. The molecule has 1 saturated heterocycles. The third-order valence-electron chi connectivity index (χ3n) is 6.76. The van der Waals surface area contributed by atoms with Crippen molar-refractivity contribution in [3.63, 3.8) is 0 Å². The fourth-order valence-electron chi connectivity index (χ4n) is 4.83. The normalized spacial score (nSPS) is 21.4. The van der Waals surface area contributed by atoms with Crippen LogP contribution in [-0.4, -0.2) is 32.7 Å². The van der Waals surface area contributed by atoms with Crippen LogP contribution in [0.1, 0.15) is 44.9 Å². The average molecular weight is 460 g/mol. The van der Waals surface area contributed by atoms with Crippen LogP contribution in [0, 0.1) is 11.8 Å². The summed E-state index contributed by atoms with van der Waals surface area (Å²) in [6.07, 6.45) is 6.71. The number of nitrogens with one attached hydrogen (secondary N) is 2. The number of nitrogens with zero attached hydrogens (tertiary/aromatic N) is 1.